The number of nitrogens with zero attached hydrogens (tertiary/aromatic N) is 1. The van der Waals surface area contributed by atoms with Crippen molar-refractivity contribution in [3.05, 3.63) is 76.7 Å². The highest BCUT2D eigenvalue weighted by molar-refractivity contribution is 14.1. The summed E-state index contributed by atoms with van der Waals surface area (Å²) in [6.07, 6.45) is 5.07. The summed E-state index contributed by atoms with van der Waals surface area (Å²) < 4.78 is 17.5. The molecule has 1 N–H and O–H groups in total. The fraction of sp³-hybridized carbons (Fsp3) is 0.276. The SMILES string of the molecule is CCOC(=O)c1c(NC(=O)/C(C#N)=C/c2cc(I)c(OCc3ccc(Cl)cc3Cl)c(OC)c2)sc2c1CCCC2. The zero-order chi connectivity index (χ0) is 28.8. The van der Waals surface area contributed by atoms with Gasteiger partial charge in [0.15, 0.2) is 11.5 Å². The van der Waals surface area contributed by atoms with Gasteiger partial charge in [-0.25, -0.2) is 4.79 Å². The third-order valence-corrected chi connectivity index (χ3v) is 8.79. The Labute approximate surface area is 260 Å². The number of thiophene rings is 1. The van der Waals surface area contributed by atoms with Gasteiger partial charge in [-0.05, 0) is 96.7 Å². The number of carbonyl (C=O) groups is 2. The Morgan fingerprint density at radius 2 is 1.98 bits per heavy atom. The zero-order valence-corrected chi connectivity index (χ0v) is 26.2. The molecule has 1 aromatic heterocycles. The summed E-state index contributed by atoms with van der Waals surface area (Å²) in [7, 11) is 1.51. The van der Waals surface area contributed by atoms with Crippen molar-refractivity contribution in [1.82, 2.24) is 0 Å². The highest BCUT2D eigenvalue weighted by atomic mass is 127. The number of esters is 1. The number of anilines is 1. The van der Waals surface area contributed by atoms with E-state index in [0.29, 0.717) is 41.2 Å². The largest absolute Gasteiger partial charge is 0.493 e. The molecule has 1 aliphatic carbocycles. The number of halogens is 3. The first-order chi connectivity index (χ1) is 19.2. The summed E-state index contributed by atoms with van der Waals surface area (Å²) in [6, 6.07) is 10.6. The van der Waals surface area contributed by atoms with Crippen LogP contribution < -0.4 is 14.8 Å². The number of hydrogen-bond donors (Lipinski definition) is 1. The number of fused-ring (bicyclic) bond motifs is 1. The standard InChI is InChI=1S/C29H25Cl2IN2O5S/c1-3-38-29(36)25-20-6-4-5-7-24(20)40-28(25)34-27(35)18(14-33)10-16-11-22(32)26(23(12-16)37-2)39-15-17-8-9-19(30)13-21(17)31/h8-13H,3-7,15H2,1-2H3,(H,34,35)/b18-10+. The Morgan fingerprint density at radius 1 is 1.20 bits per heavy atom. The van der Waals surface area contributed by atoms with Crippen molar-refractivity contribution in [2.45, 2.75) is 39.2 Å². The van der Waals surface area contributed by atoms with E-state index in [1.54, 1.807) is 37.3 Å². The molecule has 0 radical (unpaired) electrons. The molecule has 0 bridgehead atoms. The summed E-state index contributed by atoms with van der Waals surface area (Å²) in [4.78, 5) is 27.0. The summed E-state index contributed by atoms with van der Waals surface area (Å²) in [6.45, 7) is 2.16. The van der Waals surface area contributed by atoms with E-state index >= 15 is 0 Å². The lowest BCUT2D eigenvalue weighted by Crippen LogP contribution is -2.16. The lowest BCUT2D eigenvalue weighted by molar-refractivity contribution is -0.112. The normalized spacial score (nSPS) is 12.8. The van der Waals surface area contributed by atoms with E-state index in [4.69, 9.17) is 37.4 Å². The molecule has 0 aliphatic heterocycles. The Morgan fingerprint density at radius 3 is 2.67 bits per heavy atom. The number of rotatable bonds is 9. The van der Waals surface area contributed by atoms with Gasteiger partial charge in [-0.3, -0.25) is 4.79 Å². The van der Waals surface area contributed by atoms with Gasteiger partial charge in [0.05, 0.1) is 22.9 Å². The molecule has 0 saturated heterocycles. The van der Waals surface area contributed by atoms with Gasteiger partial charge < -0.3 is 19.5 Å². The molecule has 0 saturated carbocycles. The van der Waals surface area contributed by atoms with Crippen molar-refractivity contribution >= 4 is 80.1 Å². The van der Waals surface area contributed by atoms with Crippen LogP contribution in [-0.2, 0) is 29.0 Å². The average Bonchev–Trinajstić information content (AvgIpc) is 3.29. The third-order valence-electron chi connectivity index (χ3n) is 6.19. The smallest absolute Gasteiger partial charge is 0.341 e. The molecule has 208 valence electrons. The zero-order valence-electron chi connectivity index (χ0n) is 21.7. The van der Waals surface area contributed by atoms with Gasteiger partial charge in [0.1, 0.15) is 23.3 Å². The van der Waals surface area contributed by atoms with Gasteiger partial charge in [-0.15, -0.1) is 11.3 Å². The monoisotopic (exact) mass is 710 g/mol. The van der Waals surface area contributed by atoms with E-state index in [9.17, 15) is 14.9 Å². The van der Waals surface area contributed by atoms with E-state index in [2.05, 4.69) is 27.9 Å². The summed E-state index contributed by atoms with van der Waals surface area (Å²) >= 11 is 15.7. The maximum atomic E-state index is 13.2. The Hall–Kier alpha value is -2.78. The molecular weight excluding hydrogens is 686 g/mol. The van der Waals surface area contributed by atoms with Gasteiger partial charge in [0, 0.05) is 20.5 Å². The van der Waals surface area contributed by atoms with Crippen LogP contribution in [0.2, 0.25) is 10.0 Å². The van der Waals surface area contributed by atoms with Gasteiger partial charge in [-0.1, -0.05) is 29.3 Å². The first-order valence-corrected chi connectivity index (χ1v) is 15.1. The van der Waals surface area contributed by atoms with Crippen LogP contribution in [0.1, 0.15) is 51.7 Å². The summed E-state index contributed by atoms with van der Waals surface area (Å²) in [5, 5.41) is 14.0. The van der Waals surface area contributed by atoms with Crippen LogP contribution in [0, 0.1) is 14.9 Å². The van der Waals surface area contributed by atoms with Gasteiger partial charge in [-0.2, -0.15) is 5.26 Å². The lowest BCUT2D eigenvalue weighted by Gasteiger charge is -2.14. The molecule has 11 heteroatoms. The van der Waals surface area contributed by atoms with Crippen molar-refractivity contribution in [2.24, 2.45) is 0 Å². The van der Waals surface area contributed by atoms with Gasteiger partial charge in [0.25, 0.3) is 5.91 Å². The molecule has 1 aliphatic rings. The Kier molecular flexibility index (Phi) is 10.4. The first-order valence-electron chi connectivity index (χ1n) is 12.4. The molecule has 0 fully saturated rings. The van der Waals surface area contributed by atoms with E-state index < -0.39 is 11.9 Å². The van der Waals surface area contributed by atoms with Crippen molar-refractivity contribution in [1.29, 1.82) is 5.26 Å². The van der Waals surface area contributed by atoms with Gasteiger partial charge >= 0.3 is 5.97 Å². The molecule has 0 spiro atoms. The van der Waals surface area contributed by atoms with E-state index in [-0.39, 0.29) is 18.8 Å². The molecular formula is C29H25Cl2IN2O5S. The molecule has 4 rings (SSSR count). The molecule has 1 heterocycles. The third kappa shape index (κ3) is 6.92. The predicted octanol–water partition coefficient (Wildman–Crippen LogP) is 7.85. The molecule has 3 aromatic rings. The second kappa shape index (κ2) is 13.7. The van der Waals surface area contributed by atoms with Crippen molar-refractivity contribution in [2.75, 3.05) is 19.0 Å². The summed E-state index contributed by atoms with van der Waals surface area (Å²) in [5.41, 5.74) is 2.53. The fourth-order valence-electron chi connectivity index (χ4n) is 4.31. The van der Waals surface area contributed by atoms with Crippen molar-refractivity contribution < 1.29 is 23.8 Å². The molecule has 0 unspecified atom stereocenters. The molecule has 7 nitrogen and oxygen atoms in total. The summed E-state index contributed by atoms with van der Waals surface area (Å²) in [5.74, 6) is -0.151. The number of amides is 1. The van der Waals surface area contributed by atoms with E-state index in [0.717, 1.165) is 41.7 Å². The minimum atomic E-state index is -0.613. The number of nitriles is 1. The Balaban J connectivity index is 1.58. The second-order valence-corrected chi connectivity index (χ2v) is 11.9. The number of ether oxygens (including phenoxy) is 3. The maximum absolute atomic E-state index is 13.2. The minimum absolute atomic E-state index is 0.124. The van der Waals surface area contributed by atoms with Gasteiger partial charge in [0.2, 0.25) is 0 Å². The van der Waals surface area contributed by atoms with Crippen LogP contribution in [0.4, 0.5) is 5.00 Å². The predicted molar refractivity (Wildman–Crippen MR) is 166 cm³/mol. The molecule has 2 aromatic carbocycles. The molecule has 40 heavy (non-hydrogen) atoms. The minimum Gasteiger partial charge on any atom is -0.493 e. The molecule has 0 atom stereocenters. The van der Waals surface area contributed by atoms with Crippen LogP contribution >= 0.6 is 57.1 Å². The van der Waals surface area contributed by atoms with Crippen LogP contribution in [0.5, 0.6) is 11.5 Å². The van der Waals surface area contributed by atoms with Crippen molar-refractivity contribution in [3.8, 4) is 17.6 Å². The highest BCUT2D eigenvalue weighted by Crippen LogP contribution is 2.39. The number of benzene rings is 2. The second-order valence-electron chi connectivity index (χ2n) is 8.82. The number of hydrogen-bond acceptors (Lipinski definition) is 7. The molecule has 1 amide bonds. The van der Waals surface area contributed by atoms with Crippen LogP contribution in [0.3, 0.4) is 0 Å². The van der Waals surface area contributed by atoms with Crippen LogP contribution in [0.15, 0.2) is 35.9 Å². The van der Waals surface area contributed by atoms with Crippen LogP contribution in [0.25, 0.3) is 6.08 Å². The quantitative estimate of drug-likeness (QED) is 0.105. The highest BCUT2D eigenvalue weighted by Gasteiger charge is 2.28. The average molecular weight is 711 g/mol. The maximum Gasteiger partial charge on any atom is 0.341 e. The van der Waals surface area contributed by atoms with Crippen molar-refractivity contribution in [3.63, 3.8) is 0 Å². The van der Waals surface area contributed by atoms with E-state index in [1.807, 2.05) is 6.07 Å². The lowest BCUT2D eigenvalue weighted by atomic mass is 9.95. The van der Waals surface area contributed by atoms with Crippen LogP contribution in [-0.4, -0.2) is 25.6 Å². The number of methoxy groups -OCH3 is 1. The topological polar surface area (TPSA) is 97.7 Å². The Bertz CT molecular complexity index is 1530. The first kappa shape index (κ1) is 30.2. The number of aryl methyl sites for hydroxylation is 1. The fourth-order valence-corrected chi connectivity index (χ4v) is 6.83. The number of nitrogens with one attached hydrogen (secondary N) is 1. The number of carbonyl (C=O) groups excluding carboxylic acids is 2. The van der Waals surface area contributed by atoms with E-state index in [1.165, 1.54) is 24.5 Å².